The normalized spacial score (nSPS) is 28.3. The number of carbonyl (C=O) groups is 2. The van der Waals surface area contributed by atoms with Crippen LogP contribution in [0.2, 0.25) is 0 Å². The van der Waals surface area contributed by atoms with Gasteiger partial charge in [-0.3, -0.25) is 4.79 Å². The molecule has 2 N–H and O–H groups in total. The Balaban J connectivity index is 1.92. The average Bonchev–Trinajstić information content (AvgIpc) is 3.01. The molecule has 2 amide bonds. The maximum absolute atomic E-state index is 12.1. The predicted octanol–water partition coefficient (Wildman–Crippen LogP) is 1.54. The summed E-state index contributed by atoms with van der Waals surface area (Å²) in [4.78, 5) is 24.8. The molecule has 2 unspecified atom stereocenters. The van der Waals surface area contributed by atoms with Gasteiger partial charge in [0.2, 0.25) is 0 Å². The van der Waals surface area contributed by atoms with Gasteiger partial charge >= 0.3 is 12.0 Å². The van der Waals surface area contributed by atoms with Crippen LogP contribution in [-0.4, -0.2) is 40.6 Å². The van der Waals surface area contributed by atoms with E-state index in [-0.39, 0.29) is 17.5 Å². The van der Waals surface area contributed by atoms with Crippen molar-refractivity contribution >= 4 is 12.0 Å². The van der Waals surface area contributed by atoms with Gasteiger partial charge in [-0.25, -0.2) is 4.79 Å². The van der Waals surface area contributed by atoms with Gasteiger partial charge in [-0.15, -0.1) is 0 Å². The Morgan fingerprint density at radius 3 is 2.33 bits per heavy atom. The molecule has 5 heteroatoms. The fourth-order valence-corrected chi connectivity index (χ4v) is 2.72. The molecular weight excluding hydrogens is 232 g/mol. The van der Waals surface area contributed by atoms with Crippen LogP contribution in [0, 0.1) is 17.8 Å². The van der Waals surface area contributed by atoms with Crippen LogP contribution in [-0.2, 0) is 4.79 Å². The molecule has 2 fully saturated rings. The van der Waals surface area contributed by atoms with Crippen molar-refractivity contribution in [3.05, 3.63) is 0 Å². The molecule has 2 aliphatic rings. The number of rotatable bonds is 3. The molecule has 1 heterocycles. The van der Waals surface area contributed by atoms with Gasteiger partial charge in [0.15, 0.2) is 0 Å². The molecule has 0 spiro atoms. The van der Waals surface area contributed by atoms with Gasteiger partial charge in [0, 0.05) is 18.6 Å². The summed E-state index contributed by atoms with van der Waals surface area (Å²) in [6.45, 7) is 6.82. The Bertz CT molecular complexity index is 363. The fraction of sp³-hybridized carbons (Fsp3) is 0.846. The Hall–Kier alpha value is -1.26. The number of hydrogen-bond acceptors (Lipinski definition) is 2. The highest BCUT2D eigenvalue weighted by atomic mass is 16.4. The zero-order valence-electron chi connectivity index (χ0n) is 11.3. The molecule has 1 aliphatic heterocycles. The summed E-state index contributed by atoms with van der Waals surface area (Å²) >= 11 is 0. The first kappa shape index (κ1) is 13.2. The van der Waals surface area contributed by atoms with Gasteiger partial charge in [-0.05, 0) is 38.5 Å². The molecule has 2 rings (SSSR count). The number of carbonyl (C=O) groups excluding carboxylic acids is 1. The largest absolute Gasteiger partial charge is 0.481 e. The second kappa shape index (κ2) is 4.44. The van der Waals surface area contributed by atoms with E-state index >= 15 is 0 Å². The summed E-state index contributed by atoms with van der Waals surface area (Å²) in [5.41, 5.74) is -0.179. The molecule has 0 aromatic carbocycles. The van der Waals surface area contributed by atoms with Crippen molar-refractivity contribution in [3.63, 3.8) is 0 Å². The summed E-state index contributed by atoms with van der Waals surface area (Å²) in [6, 6.07) is -0.123. The number of nitrogens with one attached hydrogen (secondary N) is 1. The number of carboxylic acid groups (broad SMARTS) is 1. The van der Waals surface area contributed by atoms with E-state index in [0.29, 0.717) is 19.0 Å². The number of amides is 2. The summed E-state index contributed by atoms with van der Waals surface area (Å²) in [7, 11) is 0. The van der Waals surface area contributed by atoms with Crippen LogP contribution in [0.15, 0.2) is 0 Å². The Labute approximate surface area is 108 Å². The lowest BCUT2D eigenvalue weighted by Gasteiger charge is -2.29. The van der Waals surface area contributed by atoms with Crippen LogP contribution >= 0.6 is 0 Å². The molecule has 5 nitrogen and oxygen atoms in total. The molecular formula is C13H22N2O3. The van der Waals surface area contributed by atoms with Crippen LogP contribution in [0.4, 0.5) is 4.79 Å². The molecule has 0 bridgehead atoms. The summed E-state index contributed by atoms with van der Waals surface area (Å²) in [5, 5.41) is 12.1. The molecule has 0 radical (unpaired) electrons. The average molecular weight is 254 g/mol. The lowest BCUT2D eigenvalue weighted by Crippen LogP contribution is -2.50. The third kappa shape index (κ3) is 2.60. The molecule has 1 saturated carbocycles. The molecule has 102 valence electrons. The highest BCUT2D eigenvalue weighted by Gasteiger charge is 2.42. The van der Waals surface area contributed by atoms with Gasteiger partial charge < -0.3 is 15.3 Å². The van der Waals surface area contributed by atoms with Crippen molar-refractivity contribution in [2.24, 2.45) is 17.8 Å². The van der Waals surface area contributed by atoms with E-state index < -0.39 is 11.9 Å². The minimum atomic E-state index is -0.806. The number of hydrogen-bond donors (Lipinski definition) is 2. The third-order valence-electron chi connectivity index (χ3n) is 4.24. The molecule has 2 atom stereocenters. The Morgan fingerprint density at radius 2 is 1.89 bits per heavy atom. The van der Waals surface area contributed by atoms with E-state index in [0.717, 1.165) is 0 Å². The summed E-state index contributed by atoms with van der Waals surface area (Å²) in [6.07, 6.45) is 2.34. The molecule has 1 aliphatic carbocycles. The first-order valence-corrected chi connectivity index (χ1v) is 6.61. The second-order valence-corrected chi connectivity index (χ2v) is 6.25. The smallest absolute Gasteiger partial charge is 0.317 e. The van der Waals surface area contributed by atoms with E-state index in [9.17, 15) is 9.59 Å². The van der Waals surface area contributed by atoms with Gasteiger partial charge in [0.1, 0.15) is 0 Å². The predicted molar refractivity (Wildman–Crippen MR) is 67.2 cm³/mol. The molecule has 0 aromatic rings. The second-order valence-electron chi connectivity index (χ2n) is 6.25. The third-order valence-corrected chi connectivity index (χ3v) is 4.24. The zero-order valence-corrected chi connectivity index (χ0v) is 11.3. The lowest BCUT2D eigenvalue weighted by molar-refractivity contribution is -0.142. The Morgan fingerprint density at radius 1 is 1.28 bits per heavy atom. The van der Waals surface area contributed by atoms with Crippen molar-refractivity contribution in [1.29, 1.82) is 0 Å². The first-order chi connectivity index (χ1) is 8.31. The molecule has 0 aromatic heterocycles. The van der Waals surface area contributed by atoms with Crippen LogP contribution in [0.5, 0.6) is 0 Å². The maximum Gasteiger partial charge on any atom is 0.317 e. The number of carboxylic acids is 1. The zero-order chi connectivity index (χ0) is 13.5. The van der Waals surface area contributed by atoms with Gasteiger partial charge in [0.05, 0.1) is 5.92 Å². The quantitative estimate of drug-likeness (QED) is 0.802. The van der Waals surface area contributed by atoms with Crippen molar-refractivity contribution in [2.45, 2.75) is 39.2 Å². The van der Waals surface area contributed by atoms with Crippen molar-refractivity contribution < 1.29 is 14.7 Å². The van der Waals surface area contributed by atoms with Crippen molar-refractivity contribution in [3.8, 4) is 0 Å². The van der Waals surface area contributed by atoms with E-state index in [1.807, 2.05) is 20.8 Å². The summed E-state index contributed by atoms with van der Waals surface area (Å²) < 4.78 is 0. The molecule has 18 heavy (non-hydrogen) atoms. The van der Waals surface area contributed by atoms with E-state index in [2.05, 4.69) is 5.32 Å². The highest BCUT2D eigenvalue weighted by Crippen LogP contribution is 2.39. The van der Waals surface area contributed by atoms with Gasteiger partial charge in [-0.2, -0.15) is 0 Å². The fourth-order valence-electron chi connectivity index (χ4n) is 2.72. The SMILES string of the molecule is CC1CN(C(=O)NC(C)(C)C2CC2)CC1C(=O)O. The van der Waals surface area contributed by atoms with Crippen LogP contribution < -0.4 is 5.32 Å². The van der Waals surface area contributed by atoms with Crippen LogP contribution in [0.3, 0.4) is 0 Å². The van der Waals surface area contributed by atoms with E-state index in [4.69, 9.17) is 5.11 Å². The maximum atomic E-state index is 12.1. The van der Waals surface area contributed by atoms with Gasteiger partial charge in [-0.1, -0.05) is 6.92 Å². The number of likely N-dealkylation sites (tertiary alicyclic amines) is 1. The van der Waals surface area contributed by atoms with E-state index in [1.54, 1.807) is 4.90 Å². The minimum absolute atomic E-state index is 0.0253. The summed E-state index contributed by atoms with van der Waals surface area (Å²) in [5.74, 6) is -0.645. The monoisotopic (exact) mass is 254 g/mol. The topological polar surface area (TPSA) is 69.6 Å². The lowest BCUT2D eigenvalue weighted by atomic mass is 9.99. The van der Waals surface area contributed by atoms with Crippen LogP contribution in [0.1, 0.15) is 33.6 Å². The minimum Gasteiger partial charge on any atom is -0.481 e. The number of nitrogens with zero attached hydrogens (tertiary/aromatic N) is 1. The highest BCUT2D eigenvalue weighted by molar-refractivity contribution is 5.78. The molecule has 1 saturated heterocycles. The first-order valence-electron chi connectivity index (χ1n) is 6.61. The van der Waals surface area contributed by atoms with E-state index in [1.165, 1.54) is 12.8 Å². The standard InChI is InChI=1S/C13H22N2O3/c1-8-6-15(7-10(8)11(16)17)12(18)14-13(2,3)9-4-5-9/h8-10H,4-7H2,1-3H3,(H,14,18)(H,16,17). The number of aliphatic carboxylic acids is 1. The van der Waals surface area contributed by atoms with Crippen molar-refractivity contribution in [2.75, 3.05) is 13.1 Å². The number of urea groups is 1. The van der Waals surface area contributed by atoms with Crippen molar-refractivity contribution in [1.82, 2.24) is 10.2 Å². The Kier molecular flexibility index (Phi) is 3.25. The van der Waals surface area contributed by atoms with Gasteiger partial charge in [0.25, 0.3) is 0 Å². The van der Waals surface area contributed by atoms with Crippen LogP contribution in [0.25, 0.3) is 0 Å².